The lowest BCUT2D eigenvalue weighted by Gasteiger charge is -2.34. The maximum atomic E-state index is 13.0. The standard InChI is InChI=1S/C29H35N5O/c1-18-16-24-6-4-5-7-27(24)34(18)28-17-26(32-20(3)33-28)19(2)31-29(35)23-10-8-21(9-11-23)22-12-14-25(30)15-13-22/h8-15,17-19,24,27H,4-7,16,30H2,1-3H3,(H,31,35). The highest BCUT2D eigenvalue weighted by Crippen LogP contribution is 2.41. The van der Waals surface area contributed by atoms with Gasteiger partial charge in [-0.3, -0.25) is 4.79 Å². The van der Waals surface area contributed by atoms with E-state index in [-0.39, 0.29) is 11.9 Å². The smallest absolute Gasteiger partial charge is 0.251 e. The maximum Gasteiger partial charge on any atom is 0.251 e. The third-order valence-electron chi connectivity index (χ3n) is 7.64. The fourth-order valence-corrected chi connectivity index (χ4v) is 5.88. The molecule has 6 nitrogen and oxygen atoms in total. The van der Waals surface area contributed by atoms with Crippen LogP contribution in [0.4, 0.5) is 11.5 Å². The van der Waals surface area contributed by atoms with Crippen molar-refractivity contribution in [2.75, 3.05) is 10.6 Å². The minimum absolute atomic E-state index is 0.110. The van der Waals surface area contributed by atoms with Gasteiger partial charge in [-0.15, -0.1) is 0 Å². The summed E-state index contributed by atoms with van der Waals surface area (Å²) >= 11 is 0. The van der Waals surface area contributed by atoms with Crippen molar-refractivity contribution in [1.29, 1.82) is 0 Å². The van der Waals surface area contributed by atoms with E-state index in [4.69, 9.17) is 10.7 Å². The van der Waals surface area contributed by atoms with Crippen LogP contribution in [0.2, 0.25) is 0 Å². The predicted molar refractivity (Wildman–Crippen MR) is 141 cm³/mol. The van der Waals surface area contributed by atoms with Gasteiger partial charge in [0, 0.05) is 29.4 Å². The molecule has 3 N–H and O–H groups in total. The minimum Gasteiger partial charge on any atom is -0.399 e. The summed E-state index contributed by atoms with van der Waals surface area (Å²) in [7, 11) is 0. The second-order valence-corrected chi connectivity index (χ2v) is 10.2. The van der Waals surface area contributed by atoms with Gasteiger partial charge in [0.25, 0.3) is 5.91 Å². The highest BCUT2D eigenvalue weighted by Gasteiger charge is 2.40. The monoisotopic (exact) mass is 469 g/mol. The Bertz CT molecular complexity index is 1190. The van der Waals surface area contributed by atoms with Gasteiger partial charge in [0.15, 0.2) is 0 Å². The molecule has 0 radical (unpaired) electrons. The van der Waals surface area contributed by atoms with Crippen molar-refractivity contribution in [3.05, 3.63) is 71.7 Å². The molecule has 5 rings (SSSR count). The van der Waals surface area contributed by atoms with Crippen LogP contribution >= 0.6 is 0 Å². The lowest BCUT2D eigenvalue weighted by Crippen LogP contribution is -2.39. The van der Waals surface area contributed by atoms with Gasteiger partial charge < -0.3 is 16.0 Å². The van der Waals surface area contributed by atoms with Crippen LogP contribution in [0, 0.1) is 12.8 Å². The molecule has 1 amide bonds. The highest BCUT2D eigenvalue weighted by atomic mass is 16.1. The first kappa shape index (κ1) is 23.3. The first-order chi connectivity index (χ1) is 16.9. The molecule has 1 saturated heterocycles. The SMILES string of the molecule is Cc1nc(C(C)NC(=O)c2ccc(-c3ccc(N)cc3)cc2)cc(N2C(C)CC3CCCCC32)n1. The predicted octanol–water partition coefficient (Wildman–Crippen LogP) is 5.68. The number of carbonyl (C=O) groups is 1. The van der Waals surface area contributed by atoms with Crippen LogP contribution in [-0.4, -0.2) is 28.0 Å². The molecule has 2 fully saturated rings. The maximum absolute atomic E-state index is 13.0. The number of nitrogens with one attached hydrogen (secondary N) is 1. The molecule has 4 unspecified atom stereocenters. The van der Waals surface area contributed by atoms with Crippen molar-refractivity contribution < 1.29 is 4.79 Å². The lowest BCUT2D eigenvalue weighted by atomic mass is 9.85. The zero-order valence-corrected chi connectivity index (χ0v) is 20.9. The summed E-state index contributed by atoms with van der Waals surface area (Å²) < 4.78 is 0. The molecule has 182 valence electrons. The molecule has 6 heteroatoms. The van der Waals surface area contributed by atoms with E-state index in [1.165, 1.54) is 32.1 Å². The van der Waals surface area contributed by atoms with Crippen LogP contribution in [0.1, 0.15) is 73.9 Å². The number of aryl methyl sites for hydroxylation is 1. The number of carbonyl (C=O) groups excluding carboxylic acids is 1. The van der Waals surface area contributed by atoms with E-state index in [1.54, 1.807) is 0 Å². The Morgan fingerprint density at radius 1 is 1.03 bits per heavy atom. The summed E-state index contributed by atoms with van der Waals surface area (Å²) in [6.45, 7) is 6.24. The molecule has 0 bridgehead atoms. The van der Waals surface area contributed by atoms with Crippen LogP contribution in [0.15, 0.2) is 54.6 Å². The number of nitrogens with two attached hydrogens (primary N) is 1. The molecule has 1 saturated carbocycles. The Hall–Kier alpha value is -3.41. The molecule has 0 spiro atoms. The van der Waals surface area contributed by atoms with E-state index in [9.17, 15) is 4.79 Å². The van der Waals surface area contributed by atoms with Crippen molar-refractivity contribution in [3.63, 3.8) is 0 Å². The second-order valence-electron chi connectivity index (χ2n) is 10.2. The van der Waals surface area contributed by atoms with Gasteiger partial charge in [0.05, 0.1) is 11.7 Å². The normalized spacial score (nSPS) is 22.5. The first-order valence-electron chi connectivity index (χ1n) is 12.8. The average molecular weight is 470 g/mol. The highest BCUT2D eigenvalue weighted by molar-refractivity contribution is 5.95. The third-order valence-corrected chi connectivity index (χ3v) is 7.64. The number of hydrogen-bond donors (Lipinski definition) is 2. The number of nitrogen functional groups attached to an aromatic ring is 1. The number of fused-ring (bicyclic) bond motifs is 1. The summed E-state index contributed by atoms with van der Waals surface area (Å²) in [6, 6.07) is 18.3. The van der Waals surface area contributed by atoms with Crippen molar-refractivity contribution in [2.24, 2.45) is 5.92 Å². The van der Waals surface area contributed by atoms with Gasteiger partial charge in [0.2, 0.25) is 0 Å². The van der Waals surface area contributed by atoms with Gasteiger partial charge in [-0.25, -0.2) is 9.97 Å². The molecule has 2 aliphatic rings. The summed E-state index contributed by atoms with van der Waals surface area (Å²) in [5, 5.41) is 3.13. The molecule has 1 aliphatic heterocycles. The Morgan fingerprint density at radius 3 is 2.40 bits per heavy atom. The van der Waals surface area contributed by atoms with E-state index in [0.717, 1.165) is 40.1 Å². The van der Waals surface area contributed by atoms with E-state index in [0.29, 0.717) is 17.6 Å². The van der Waals surface area contributed by atoms with E-state index in [1.807, 2.05) is 62.4 Å². The summed E-state index contributed by atoms with van der Waals surface area (Å²) in [6.07, 6.45) is 6.45. The zero-order chi connectivity index (χ0) is 24.5. The topological polar surface area (TPSA) is 84.1 Å². The number of nitrogens with zero attached hydrogens (tertiary/aromatic N) is 3. The number of hydrogen-bond acceptors (Lipinski definition) is 5. The average Bonchev–Trinajstić information content (AvgIpc) is 3.20. The Morgan fingerprint density at radius 2 is 1.69 bits per heavy atom. The molecule has 35 heavy (non-hydrogen) atoms. The van der Waals surface area contributed by atoms with Gasteiger partial charge in [-0.2, -0.15) is 0 Å². The van der Waals surface area contributed by atoms with E-state index < -0.39 is 0 Å². The van der Waals surface area contributed by atoms with Crippen molar-refractivity contribution >= 4 is 17.4 Å². The molecule has 1 aromatic heterocycles. The Labute approximate surface area is 208 Å². The zero-order valence-electron chi connectivity index (χ0n) is 20.9. The quantitative estimate of drug-likeness (QED) is 0.470. The fraction of sp³-hybridized carbons (Fsp3) is 0.414. The molecule has 1 aliphatic carbocycles. The molecular weight excluding hydrogens is 434 g/mol. The molecular formula is C29H35N5O. The van der Waals surface area contributed by atoms with Crippen molar-refractivity contribution in [3.8, 4) is 11.1 Å². The molecule has 4 atom stereocenters. The van der Waals surface area contributed by atoms with Crippen LogP contribution < -0.4 is 16.0 Å². The van der Waals surface area contributed by atoms with Crippen LogP contribution in [-0.2, 0) is 0 Å². The van der Waals surface area contributed by atoms with Crippen LogP contribution in [0.3, 0.4) is 0 Å². The van der Waals surface area contributed by atoms with Gasteiger partial charge in [-0.1, -0.05) is 37.1 Å². The first-order valence-corrected chi connectivity index (χ1v) is 12.8. The lowest BCUT2D eigenvalue weighted by molar-refractivity contribution is 0.0939. The third kappa shape index (κ3) is 4.88. The van der Waals surface area contributed by atoms with E-state index >= 15 is 0 Å². The Kier molecular flexibility index (Phi) is 6.46. The van der Waals surface area contributed by atoms with Gasteiger partial charge >= 0.3 is 0 Å². The Balaban J connectivity index is 1.31. The summed E-state index contributed by atoms with van der Waals surface area (Å²) in [4.78, 5) is 25.0. The second kappa shape index (κ2) is 9.68. The van der Waals surface area contributed by atoms with Crippen molar-refractivity contribution in [1.82, 2.24) is 15.3 Å². The number of rotatable bonds is 5. The van der Waals surface area contributed by atoms with E-state index in [2.05, 4.69) is 28.2 Å². The van der Waals surface area contributed by atoms with Crippen molar-refractivity contribution in [2.45, 2.75) is 71.0 Å². The van der Waals surface area contributed by atoms with Gasteiger partial charge in [-0.05, 0) is 81.3 Å². The molecule has 3 aromatic rings. The largest absolute Gasteiger partial charge is 0.399 e. The summed E-state index contributed by atoms with van der Waals surface area (Å²) in [5.41, 5.74) is 10.1. The summed E-state index contributed by atoms with van der Waals surface area (Å²) in [5.74, 6) is 2.41. The number of aromatic nitrogens is 2. The fourth-order valence-electron chi connectivity index (χ4n) is 5.88. The number of amides is 1. The molecule has 2 aromatic carbocycles. The van der Waals surface area contributed by atoms with Crippen LogP contribution in [0.25, 0.3) is 11.1 Å². The molecule has 2 heterocycles. The van der Waals surface area contributed by atoms with Crippen LogP contribution in [0.5, 0.6) is 0 Å². The minimum atomic E-state index is -0.222. The number of benzene rings is 2. The number of anilines is 2. The van der Waals surface area contributed by atoms with Gasteiger partial charge in [0.1, 0.15) is 11.6 Å².